The Bertz CT molecular complexity index is 224. The predicted molar refractivity (Wildman–Crippen MR) is 60.4 cm³/mol. The summed E-state index contributed by atoms with van der Waals surface area (Å²) in [6, 6.07) is 0. The highest BCUT2D eigenvalue weighted by Gasteiger charge is 2.41. The number of methoxy groups -OCH3 is 1. The van der Waals surface area contributed by atoms with Gasteiger partial charge < -0.3 is 14.2 Å². The molecule has 16 heavy (non-hydrogen) atoms. The van der Waals surface area contributed by atoms with Crippen LogP contribution in [0.1, 0.15) is 26.2 Å². The Labute approximate surface area is 101 Å². The van der Waals surface area contributed by atoms with Crippen LogP contribution in [0.4, 0.5) is 0 Å². The van der Waals surface area contributed by atoms with Gasteiger partial charge in [-0.1, -0.05) is 6.42 Å². The average molecular weight is 251 g/mol. The second kappa shape index (κ2) is 6.42. The van der Waals surface area contributed by atoms with Crippen molar-refractivity contribution >= 4 is 17.6 Å². The van der Waals surface area contributed by atoms with Crippen LogP contribution >= 0.6 is 11.6 Å². The molecule has 0 aromatic rings. The summed E-state index contributed by atoms with van der Waals surface area (Å²) in [4.78, 5) is 11.4. The summed E-state index contributed by atoms with van der Waals surface area (Å²) >= 11 is 5.60. The molecule has 0 spiro atoms. The van der Waals surface area contributed by atoms with Crippen molar-refractivity contribution in [2.45, 2.75) is 32.0 Å². The molecular formula is C11H19ClO4. The van der Waals surface area contributed by atoms with Gasteiger partial charge in [-0.25, -0.2) is 4.79 Å². The molecule has 0 saturated carbocycles. The first kappa shape index (κ1) is 13.7. The van der Waals surface area contributed by atoms with E-state index in [2.05, 4.69) is 4.74 Å². The summed E-state index contributed by atoms with van der Waals surface area (Å²) in [5.74, 6) is -0.667. The topological polar surface area (TPSA) is 44.8 Å². The lowest BCUT2D eigenvalue weighted by Crippen LogP contribution is -2.48. The fraction of sp³-hybridized carbons (Fsp3) is 0.909. The molecule has 0 bridgehead atoms. The summed E-state index contributed by atoms with van der Waals surface area (Å²) in [5, 5.41) is 0. The van der Waals surface area contributed by atoms with Crippen LogP contribution in [0, 0.1) is 5.92 Å². The lowest BCUT2D eigenvalue weighted by Gasteiger charge is -2.35. The fourth-order valence-electron chi connectivity index (χ4n) is 1.64. The first-order chi connectivity index (χ1) is 7.62. The molecule has 94 valence electrons. The number of hydrogen-bond acceptors (Lipinski definition) is 4. The maximum absolute atomic E-state index is 11.4. The Balaban J connectivity index is 2.30. The van der Waals surface area contributed by atoms with Crippen molar-refractivity contribution in [1.29, 1.82) is 0 Å². The van der Waals surface area contributed by atoms with Crippen LogP contribution in [0.5, 0.6) is 0 Å². The number of alkyl halides is 1. The van der Waals surface area contributed by atoms with Crippen molar-refractivity contribution in [2.75, 3.05) is 26.2 Å². The van der Waals surface area contributed by atoms with Gasteiger partial charge in [-0.2, -0.15) is 0 Å². The van der Waals surface area contributed by atoms with Crippen LogP contribution in [0.3, 0.4) is 0 Å². The SMILES string of the molecule is COC(=O)[C@]1(C)OC[C@H](CCCCCl)CO1. The highest BCUT2D eigenvalue weighted by molar-refractivity contribution is 6.17. The molecule has 0 radical (unpaired) electrons. The number of hydrogen-bond donors (Lipinski definition) is 0. The summed E-state index contributed by atoms with van der Waals surface area (Å²) in [6.45, 7) is 2.66. The molecule has 1 aliphatic heterocycles. The van der Waals surface area contributed by atoms with E-state index in [1.165, 1.54) is 7.11 Å². The first-order valence-electron chi connectivity index (χ1n) is 5.54. The third kappa shape index (κ3) is 3.61. The van der Waals surface area contributed by atoms with Crippen LogP contribution in [0.2, 0.25) is 0 Å². The van der Waals surface area contributed by atoms with Gasteiger partial charge in [0.25, 0.3) is 5.79 Å². The Morgan fingerprint density at radius 1 is 1.44 bits per heavy atom. The van der Waals surface area contributed by atoms with Crippen LogP contribution in [0.25, 0.3) is 0 Å². The Hall–Kier alpha value is -0.320. The summed E-state index contributed by atoms with van der Waals surface area (Å²) in [5.41, 5.74) is 0. The third-order valence-electron chi connectivity index (χ3n) is 2.74. The molecule has 5 heteroatoms. The van der Waals surface area contributed by atoms with E-state index in [1.54, 1.807) is 6.92 Å². The number of carbonyl (C=O) groups excluding carboxylic acids is 1. The standard InChI is InChI=1S/C11H19ClO4/c1-11(10(13)14-2)15-7-9(8-16-11)5-3-4-6-12/h9H,3-8H2,1-2H3/t9-,11+. The molecular weight excluding hydrogens is 232 g/mol. The van der Waals surface area contributed by atoms with Crippen molar-refractivity contribution < 1.29 is 19.0 Å². The Morgan fingerprint density at radius 3 is 2.56 bits per heavy atom. The second-order valence-corrected chi connectivity index (χ2v) is 4.49. The van der Waals surface area contributed by atoms with Crippen LogP contribution < -0.4 is 0 Å². The fourth-order valence-corrected chi connectivity index (χ4v) is 1.83. The zero-order valence-electron chi connectivity index (χ0n) is 9.83. The molecule has 0 N–H and O–H groups in total. The molecule has 1 saturated heterocycles. The molecule has 1 fully saturated rings. The number of carbonyl (C=O) groups is 1. The molecule has 0 amide bonds. The molecule has 4 nitrogen and oxygen atoms in total. The van der Waals surface area contributed by atoms with Gasteiger partial charge in [0.1, 0.15) is 0 Å². The number of rotatable bonds is 5. The number of halogens is 1. The summed E-state index contributed by atoms with van der Waals surface area (Å²) in [7, 11) is 1.33. The molecule has 1 rings (SSSR count). The van der Waals surface area contributed by atoms with E-state index in [1.807, 2.05) is 0 Å². The van der Waals surface area contributed by atoms with Gasteiger partial charge in [0.15, 0.2) is 0 Å². The minimum atomic E-state index is -1.22. The van der Waals surface area contributed by atoms with E-state index in [9.17, 15) is 4.79 Å². The van der Waals surface area contributed by atoms with Gasteiger partial charge >= 0.3 is 5.97 Å². The number of unbranched alkanes of at least 4 members (excludes halogenated alkanes) is 1. The van der Waals surface area contributed by atoms with E-state index in [0.29, 0.717) is 25.0 Å². The quantitative estimate of drug-likeness (QED) is 0.425. The zero-order chi connectivity index (χ0) is 12.0. The van der Waals surface area contributed by atoms with E-state index >= 15 is 0 Å². The molecule has 1 heterocycles. The molecule has 1 aliphatic rings. The van der Waals surface area contributed by atoms with Crippen LogP contribution in [-0.4, -0.2) is 38.0 Å². The molecule has 0 unspecified atom stereocenters. The third-order valence-corrected chi connectivity index (χ3v) is 3.01. The van der Waals surface area contributed by atoms with Gasteiger partial charge in [-0.15, -0.1) is 11.6 Å². The van der Waals surface area contributed by atoms with E-state index < -0.39 is 11.8 Å². The monoisotopic (exact) mass is 250 g/mol. The number of ether oxygens (including phenoxy) is 3. The van der Waals surface area contributed by atoms with Crippen molar-refractivity contribution in [1.82, 2.24) is 0 Å². The largest absolute Gasteiger partial charge is 0.465 e. The predicted octanol–water partition coefficient (Wildman–Crippen LogP) is 1.95. The molecule has 0 aromatic heterocycles. The van der Waals surface area contributed by atoms with E-state index in [4.69, 9.17) is 21.1 Å². The minimum absolute atomic E-state index is 0.348. The van der Waals surface area contributed by atoms with Crippen molar-refractivity contribution in [3.05, 3.63) is 0 Å². The minimum Gasteiger partial charge on any atom is -0.465 e. The maximum atomic E-state index is 11.4. The zero-order valence-corrected chi connectivity index (χ0v) is 10.6. The Kier molecular flexibility index (Phi) is 5.52. The first-order valence-corrected chi connectivity index (χ1v) is 6.08. The van der Waals surface area contributed by atoms with Gasteiger partial charge in [-0.05, 0) is 12.8 Å². The van der Waals surface area contributed by atoms with Crippen molar-refractivity contribution in [3.63, 3.8) is 0 Å². The highest BCUT2D eigenvalue weighted by atomic mass is 35.5. The highest BCUT2D eigenvalue weighted by Crippen LogP contribution is 2.25. The van der Waals surface area contributed by atoms with Gasteiger partial charge in [-0.3, -0.25) is 0 Å². The van der Waals surface area contributed by atoms with Crippen LogP contribution in [0.15, 0.2) is 0 Å². The van der Waals surface area contributed by atoms with Gasteiger partial charge in [0.05, 0.1) is 20.3 Å². The molecule has 0 aliphatic carbocycles. The van der Waals surface area contributed by atoms with Crippen LogP contribution in [-0.2, 0) is 19.0 Å². The lowest BCUT2D eigenvalue weighted by molar-refractivity contribution is -0.272. The van der Waals surface area contributed by atoms with Crippen molar-refractivity contribution in [2.24, 2.45) is 5.92 Å². The lowest BCUT2D eigenvalue weighted by atomic mass is 10.0. The normalized spacial score (nSPS) is 30.1. The van der Waals surface area contributed by atoms with E-state index in [-0.39, 0.29) is 0 Å². The Morgan fingerprint density at radius 2 is 2.06 bits per heavy atom. The van der Waals surface area contributed by atoms with Gasteiger partial charge in [0.2, 0.25) is 0 Å². The second-order valence-electron chi connectivity index (χ2n) is 4.11. The summed E-state index contributed by atoms with van der Waals surface area (Å²) in [6.07, 6.45) is 3.09. The summed E-state index contributed by atoms with van der Waals surface area (Å²) < 4.78 is 15.5. The smallest absolute Gasteiger partial charge is 0.366 e. The van der Waals surface area contributed by atoms with E-state index in [0.717, 1.165) is 19.3 Å². The van der Waals surface area contributed by atoms with Crippen molar-refractivity contribution in [3.8, 4) is 0 Å². The van der Waals surface area contributed by atoms with Gasteiger partial charge in [0, 0.05) is 18.7 Å². The molecule has 0 atom stereocenters. The molecule has 0 aromatic carbocycles. The maximum Gasteiger partial charge on any atom is 0.366 e. The number of esters is 1. The average Bonchev–Trinajstić information content (AvgIpc) is 2.31.